The quantitative estimate of drug-likeness (QED) is 0.437. The fraction of sp³-hybridized carbons (Fsp3) is 0.360. The predicted molar refractivity (Wildman–Crippen MR) is 123 cm³/mol. The van der Waals surface area contributed by atoms with Crippen molar-refractivity contribution in [3.63, 3.8) is 0 Å². The van der Waals surface area contributed by atoms with Crippen molar-refractivity contribution in [1.29, 1.82) is 0 Å². The van der Waals surface area contributed by atoms with Crippen LogP contribution < -0.4 is 15.4 Å². The number of ether oxygens (including phenoxy) is 1. The fourth-order valence-corrected chi connectivity index (χ4v) is 3.27. The summed E-state index contributed by atoms with van der Waals surface area (Å²) in [5.41, 5.74) is 1.53. The molecule has 0 saturated carbocycles. The van der Waals surface area contributed by atoms with E-state index >= 15 is 0 Å². The zero-order chi connectivity index (χ0) is 25.3. The number of carboxylic acids is 1. The smallest absolute Gasteiger partial charge is 0.305 e. The van der Waals surface area contributed by atoms with Gasteiger partial charge in [-0.15, -0.1) is 0 Å². The molecule has 0 aliphatic rings. The molecule has 0 heterocycles. The largest absolute Gasteiger partial charge is 0.481 e. The molecule has 34 heavy (non-hydrogen) atoms. The second kappa shape index (κ2) is 12.5. The molecule has 182 valence electrons. The van der Waals surface area contributed by atoms with Gasteiger partial charge in [0.15, 0.2) is 5.78 Å². The number of rotatable bonds is 12. The highest BCUT2D eigenvalue weighted by Gasteiger charge is 2.30. The van der Waals surface area contributed by atoms with Gasteiger partial charge in [0.05, 0.1) is 12.8 Å². The van der Waals surface area contributed by atoms with Crippen LogP contribution in [0.3, 0.4) is 0 Å². The van der Waals surface area contributed by atoms with Crippen molar-refractivity contribution in [2.45, 2.75) is 45.7 Å². The average Bonchev–Trinajstić information content (AvgIpc) is 2.78. The van der Waals surface area contributed by atoms with Gasteiger partial charge in [-0.2, -0.15) is 0 Å². The summed E-state index contributed by atoms with van der Waals surface area (Å²) in [6.45, 7) is 3.84. The molecule has 0 bridgehead atoms. The Morgan fingerprint density at radius 1 is 1.03 bits per heavy atom. The minimum atomic E-state index is -1.52. The topological polar surface area (TPSA) is 122 Å². The Morgan fingerprint density at radius 3 is 2.29 bits per heavy atom. The molecule has 0 aromatic heterocycles. The first kappa shape index (κ1) is 26.5. The zero-order valence-corrected chi connectivity index (χ0v) is 19.3. The van der Waals surface area contributed by atoms with Crippen molar-refractivity contribution in [3.8, 4) is 11.5 Å². The molecule has 2 amide bonds. The number of aryl methyl sites for hydroxylation is 1. The van der Waals surface area contributed by atoms with Crippen LogP contribution in [-0.2, 0) is 25.6 Å². The molecule has 2 atom stereocenters. The standard InChI is InChI=1S/C25H29FN2O6/c1-15(2)24(25(33)27-19(13-23(31)32)20(29)14-26)28-22(30)12-17-11-16(3)9-10-21(17)34-18-7-5-4-6-8-18/h4-11,15,19,24H,12-14H2,1-3H3,(H,27,33)(H,28,30)(H,31,32). The molecule has 8 nitrogen and oxygen atoms in total. The minimum absolute atomic E-state index is 0.0810. The lowest BCUT2D eigenvalue weighted by atomic mass is 10.0. The highest BCUT2D eigenvalue weighted by molar-refractivity contribution is 5.95. The van der Waals surface area contributed by atoms with Crippen molar-refractivity contribution >= 4 is 23.6 Å². The lowest BCUT2D eigenvalue weighted by molar-refractivity contribution is -0.140. The van der Waals surface area contributed by atoms with Crippen molar-refractivity contribution in [1.82, 2.24) is 10.6 Å². The Morgan fingerprint density at radius 2 is 1.71 bits per heavy atom. The Hall–Kier alpha value is -3.75. The van der Waals surface area contributed by atoms with Crippen LogP contribution in [0.5, 0.6) is 11.5 Å². The van der Waals surface area contributed by atoms with Gasteiger partial charge in [0.25, 0.3) is 0 Å². The Balaban J connectivity index is 2.14. The molecule has 0 fully saturated rings. The molecule has 2 rings (SSSR count). The number of amides is 2. The molecular formula is C25H29FN2O6. The summed E-state index contributed by atoms with van der Waals surface area (Å²) >= 11 is 0. The number of benzene rings is 2. The average molecular weight is 473 g/mol. The molecule has 3 N–H and O–H groups in total. The van der Waals surface area contributed by atoms with E-state index in [1.807, 2.05) is 37.3 Å². The zero-order valence-electron chi connectivity index (χ0n) is 19.3. The lowest BCUT2D eigenvalue weighted by Gasteiger charge is -2.24. The van der Waals surface area contributed by atoms with E-state index in [0.717, 1.165) is 5.56 Å². The van der Waals surface area contributed by atoms with Crippen molar-refractivity contribution in [3.05, 3.63) is 59.7 Å². The molecule has 0 spiro atoms. The second-order valence-electron chi connectivity index (χ2n) is 8.25. The number of halogens is 1. The summed E-state index contributed by atoms with van der Waals surface area (Å²) in [4.78, 5) is 48.2. The molecule has 2 aromatic rings. The molecule has 0 aliphatic carbocycles. The maximum atomic E-state index is 12.8. The molecule has 0 aliphatic heterocycles. The number of hydrogen-bond donors (Lipinski definition) is 3. The van der Waals surface area contributed by atoms with E-state index in [9.17, 15) is 23.6 Å². The maximum absolute atomic E-state index is 12.8. The summed E-state index contributed by atoms with van der Waals surface area (Å²) in [7, 11) is 0. The Labute approximate surface area is 197 Å². The minimum Gasteiger partial charge on any atom is -0.481 e. The van der Waals surface area contributed by atoms with Crippen LogP contribution in [-0.4, -0.2) is 47.4 Å². The van der Waals surface area contributed by atoms with Crippen molar-refractivity contribution < 1.29 is 33.4 Å². The van der Waals surface area contributed by atoms with Crippen LogP contribution in [0.15, 0.2) is 48.5 Å². The number of hydrogen-bond acceptors (Lipinski definition) is 5. The van der Waals surface area contributed by atoms with E-state index in [0.29, 0.717) is 17.1 Å². The Kier molecular flexibility index (Phi) is 9.73. The highest BCUT2D eigenvalue weighted by Crippen LogP contribution is 2.26. The third kappa shape index (κ3) is 7.99. The number of ketones is 1. The van der Waals surface area contributed by atoms with Crippen LogP contribution >= 0.6 is 0 Å². The van der Waals surface area contributed by atoms with Gasteiger partial charge in [0, 0.05) is 5.56 Å². The molecule has 0 radical (unpaired) electrons. The van der Waals surface area contributed by atoms with Gasteiger partial charge in [-0.25, -0.2) is 4.39 Å². The van der Waals surface area contributed by atoms with Gasteiger partial charge >= 0.3 is 5.97 Å². The van der Waals surface area contributed by atoms with Crippen LogP contribution in [0, 0.1) is 12.8 Å². The monoisotopic (exact) mass is 472 g/mol. The Bertz CT molecular complexity index is 1030. The number of nitrogens with one attached hydrogen (secondary N) is 2. The summed E-state index contributed by atoms with van der Waals surface area (Å²) in [5.74, 6) is -2.92. The first-order valence-electron chi connectivity index (χ1n) is 10.8. The van der Waals surface area contributed by atoms with Crippen LogP contribution in [0.4, 0.5) is 4.39 Å². The second-order valence-corrected chi connectivity index (χ2v) is 8.25. The van der Waals surface area contributed by atoms with Crippen molar-refractivity contribution in [2.24, 2.45) is 5.92 Å². The maximum Gasteiger partial charge on any atom is 0.305 e. The molecule has 9 heteroatoms. The van der Waals surface area contributed by atoms with Gasteiger partial charge in [-0.05, 0) is 31.0 Å². The number of aliphatic carboxylic acids is 1. The summed E-state index contributed by atoms with van der Waals surface area (Å²) in [6, 6.07) is 11.9. The van der Waals surface area contributed by atoms with E-state index in [1.54, 1.807) is 32.0 Å². The van der Waals surface area contributed by atoms with Gasteiger partial charge in [-0.3, -0.25) is 19.2 Å². The third-order valence-electron chi connectivity index (χ3n) is 5.02. The number of Topliss-reactive ketones (excluding diaryl/α,β-unsaturated/α-hetero) is 1. The van der Waals surface area contributed by atoms with Crippen LogP contribution in [0.2, 0.25) is 0 Å². The van der Waals surface area contributed by atoms with E-state index in [-0.39, 0.29) is 12.3 Å². The molecule has 0 saturated heterocycles. The van der Waals surface area contributed by atoms with Crippen LogP contribution in [0.25, 0.3) is 0 Å². The molecular weight excluding hydrogens is 443 g/mol. The van der Waals surface area contributed by atoms with E-state index in [1.165, 1.54) is 0 Å². The van der Waals surface area contributed by atoms with Gasteiger partial charge in [0.1, 0.15) is 30.3 Å². The van der Waals surface area contributed by atoms with Gasteiger partial charge in [0.2, 0.25) is 11.8 Å². The number of carbonyl (C=O) groups is 4. The number of carboxylic acid groups (broad SMARTS) is 1. The van der Waals surface area contributed by atoms with E-state index < -0.39 is 48.7 Å². The fourth-order valence-electron chi connectivity index (χ4n) is 3.27. The molecule has 2 aromatic carbocycles. The number of carbonyl (C=O) groups excluding carboxylic acids is 3. The van der Waals surface area contributed by atoms with Gasteiger partial charge < -0.3 is 20.5 Å². The summed E-state index contributed by atoms with van der Waals surface area (Å²) < 4.78 is 18.7. The number of alkyl halides is 1. The van der Waals surface area contributed by atoms with Crippen molar-refractivity contribution in [2.75, 3.05) is 6.67 Å². The summed E-state index contributed by atoms with van der Waals surface area (Å²) in [5, 5.41) is 13.8. The normalized spacial score (nSPS) is 12.5. The lowest BCUT2D eigenvalue weighted by Crippen LogP contribution is -2.54. The van der Waals surface area contributed by atoms with E-state index in [4.69, 9.17) is 9.84 Å². The van der Waals surface area contributed by atoms with Crippen LogP contribution in [0.1, 0.15) is 31.4 Å². The first-order chi connectivity index (χ1) is 16.1. The SMILES string of the molecule is Cc1ccc(Oc2ccccc2)c(CC(=O)NC(C(=O)NC(CC(=O)O)C(=O)CF)C(C)C)c1. The predicted octanol–water partition coefficient (Wildman–Crippen LogP) is 2.97. The van der Waals surface area contributed by atoms with Gasteiger partial charge in [-0.1, -0.05) is 49.7 Å². The summed E-state index contributed by atoms with van der Waals surface area (Å²) in [6.07, 6.45) is -0.834. The number of para-hydroxylation sites is 1. The first-order valence-corrected chi connectivity index (χ1v) is 10.8. The third-order valence-corrected chi connectivity index (χ3v) is 5.02. The molecule has 2 unspecified atom stereocenters. The van der Waals surface area contributed by atoms with E-state index in [2.05, 4.69) is 10.6 Å². The highest BCUT2D eigenvalue weighted by atomic mass is 19.1.